The molecule has 96 valence electrons. The molecule has 0 unspecified atom stereocenters. The minimum atomic E-state index is 0.352. The molecule has 0 bridgehead atoms. The van der Waals surface area contributed by atoms with Gasteiger partial charge in [-0.15, -0.1) is 11.3 Å². The first-order valence-electron chi connectivity index (χ1n) is 5.73. The molecule has 0 aliphatic carbocycles. The Balaban J connectivity index is 2.19. The molecule has 2 N–H and O–H groups in total. The second-order valence-electron chi connectivity index (χ2n) is 4.24. The molecule has 1 aromatic carbocycles. The van der Waals surface area contributed by atoms with Gasteiger partial charge >= 0.3 is 0 Å². The maximum absolute atomic E-state index is 5.93. The highest BCUT2D eigenvalue weighted by molar-refractivity contribution is 9.11. The van der Waals surface area contributed by atoms with Gasteiger partial charge in [0.1, 0.15) is 5.69 Å². The van der Waals surface area contributed by atoms with E-state index in [-0.39, 0.29) is 0 Å². The lowest BCUT2D eigenvalue weighted by atomic mass is 10.0. The second-order valence-corrected chi connectivity index (χ2v) is 6.71. The van der Waals surface area contributed by atoms with Crippen LogP contribution in [0.3, 0.4) is 0 Å². The zero-order chi connectivity index (χ0) is 13.4. The Bertz CT molecular complexity index is 733. The van der Waals surface area contributed by atoms with E-state index in [4.69, 9.17) is 10.3 Å². The third kappa shape index (κ3) is 2.31. The Kier molecular flexibility index (Phi) is 3.16. The van der Waals surface area contributed by atoms with Crippen LogP contribution in [0, 0.1) is 6.92 Å². The van der Waals surface area contributed by atoms with Gasteiger partial charge in [-0.1, -0.05) is 35.0 Å². The first-order chi connectivity index (χ1) is 9.15. The minimum absolute atomic E-state index is 0.352. The fourth-order valence-electron chi connectivity index (χ4n) is 1.99. The van der Waals surface area contributed by atoms with Crippen LogP contribution in [0.5, 0.6) is 0 Å². The average molecular weight is 335 g/mol. The number of anilines is 1. The van der Waals surface area contributed by atoms with Crippen LogP contribution in [-0.4, -0.2) is 5.16 Å². The zero-order valence-corrected chi connectivity index (χ0v) is 12.6. The van der Waals surface area contributed by atoms with Gasteiger partial charge in [0.2, 0.25) is 5.88 Å². The minimum Gasteiger partial charge on any atom is -0.367 e. The van der Waals surface area contributed by atoms with E-state index in [0.29, 0.717) is 5.88 Å². The molecule has 0 atom stereocenters. The molecule has 5 heteroatoms. The van der Waals surface area contributed by atoms with Crippen molar-refractivity contribution >= 4 is 33.2 Å². The lowest BCUT2D eigenvalue weighted by Crippen LogP contribution is -1.87. The first kappa shape index (κ1) is 12.4. The van der Waals surface area contributed by atoms with Gasteiger partial charge in [-0.25, -0.2) is 0 Å². The van der Waals surface area contributed by atoms with Gasteiger partial charge in [-0.05, 0) is 40.5 Å². The van der Waals surface area contributed by atoms with E-state index >= 15 is 0 Å². The molecule has 3 rings (SSSR count). The molecule has 0 aliphatic heterocycles. The number of aromatic nitrogens is 1. The van der Waals surface area contributed by atoms with E-state index in [0.717, 1.165) is 25.5 Å². The molecular weight excluding hydrogens is 324 g/mol. The van der Waals surface area contributed by atoms with Crippen LogP contribution < -0.4 is 5.73 Å². The predicted octanol–water partition coefficient (Wildman–Crippen LogP) is 4.72. The maximum atomic E-state index is 5.93. The number of halogens is 1. The van der Waals surface area contributed by atoms with Gasteiger partial charge in [0, 0.05) is 0 Å². The molecular formula is C14H11BrN2OS. The van der Waals surface area contributed by atoms with Gasteiger partial charge in [0.15, 0.2) is 0 Å². The quantitative estimate of drug-likeness (QED) is 0.737. The molecule has 0 amide bonds. The topological polar surface area (TPSA) is 52.0 Å². The molecule has 2 heterocycles. The van der Waals surface area contributed by atoms with E-state index in [1.807, 2.05) is 24.3 Å². The lowest BCUT2D eigenvalue weighted by Gasteiger charge is -2.02. The number of rotatable bonds is 2. The van der Waals surface area contributed by atoms with Crippen molar-refractivity contribution in [3.05, 3.63) is 45.7 Å². The molecule has 19 heavy (non-hydrogen) atoms. The van der Waals surface area contributed by atoms with Crippen molar-refractivity contribution in [2.45, 2.75) is 6.92 Å². The molecule has 0 radical (unpaired) electrons. The summed E-state index contributed by atoms with van der Waals surface area (Å²) in [5.74, 6) is 0.352. The number of benzene rings is 1. The van der Waals surface area contributed by atoms with Crippen molar-refractivity contribution in [2.75, 3.05) is 5.73 Å². The average Bonchev–Trinajstić information content (AvgIpc) is 2.95. The predicted molar refractivity (Wildman–Crippen MR) is 82.1 cm³/mol. The van der Waals surface area contributed by atoms with Crippen LogP contribution in [0.2, 0.25) is 0 Å². The zero-order valence-electron chi connectivity index (χ0n) is 10.2. The summed E-state index contributed by atoms with van der Waals surface area (Å²) >= 11 is 5.06. The highest BCUT2D eigenvalue weighted by Gasteiger charge is 2.18. The number of hydrogen-bond acceptors (Lipinski definition) is 4. The number of nitrogens with two attached hydrogens (primary N) is 1. The standard InChI is InChI=1S/C14H11BrN2OS/c1-8-3-2-4-9(7-8)12-13(17-18-14(12)16)10-5-6-11(15)19-10/h2-7H,16H2,1H3. The number of thiophene rings is 1. The molecule has 0 saturated carbocycles. The number of nitrogen functional groups attached to an aromatic ring is 1. The van der Waals surface area contributed by atoms with Crippen molar-refractivity contribution in [2.24, 2.45) is 0 Å². The summed E-state index contributed by atoms with van der Waals surface area (Å²) in [6.07, 6.45) is 0. The molecule has 3 nitrogen and oxygen atoms in total. The monoisotopic (exact) mass is 334 g/mol. The van der Waals surface area contributed by atoms with Gasteiger partial charge < -0.3 is 10.3 Å². The van der Waals surface area contributed by atoms with Gasteiger partial charge in [-0.2, -0.15) is 0 Å². The van der Waals surface area contributed by atoms with E-state index in [1.54, 1.807) is 11.3 Å². The summed E-state index contributed by atoms with van der Waals surface area (Å²) in [4.78, 5) is 1.03. The number of aryl methyl sites for hydroxylation is 1. The highest BCUT2D eigenvalue weighted by atomic mass is 79.9. The SMILES string of the molecule is Cc1cccc(-c2c(-c3ccc(Br)s3)noc2N)c1. The third-order valence-electron chi connectivity index (χ3n) is 2.83. The fourth-order valence-corrected chi connectivity index (χ4v) is 3.37. The third-order valence-corrected chi connectivity index (χ3v) is 4.46. The molecule has 3 aromatic rings. The van der Waals surface area contributed by atoms with Crippen LogP contribution in [0.25, 0.3) is 21.7 Å². The van der Waals surface area contributed by atoms with Crippen LogP contribution in [0.15, 0.2) is 44.7 Å². The molecule has 0 spiro atoms. The summed E-state index contributed by atoms with van der Waals surface area (Å²) in [5.41, 5.74) is 9.78. The van der Waals surface area contributed by atoms with Crippen molar-refractivity contribution in [1.29, 1.82) is 0 Å². The number of nitrogens with zero attached hydrogens (tertiary/aromatic N) is 1. The lowest BCUT2D eigenvalue weighted by molar-refractivity contribution is 0.439. The Labute approximate surface area is 123 Å². The van der Waals surface area contributed by atoms with E-state index < -0.39 is 0 Å². The van der Waals surface area contributed by atoms with Crippen LogP contribution in [-0.2, 0) is 0 Å². The molecule has 0 fully saturated rings. The Morgan fingerprint density at radius 2 is 2.11 bits per heavy atom. The summed E-state index contributed by atoms with van der Waals surface area (Å²) < 4.78 is 6.23. The van der Waals surface area contributed by atoms with Crippen molar-refractivity contribution in [1.82, 2.24) is 5.16 Å². The van der Waals surface area contributed by atoms with Gasteiger partial charge in [0.25, 0.3) is 0 Å². The summed E-state index contributed by atoms with van der Waals surface area (Å²) in [6, 6.07) is 12.1. The molecule has 2 aromatic heterocycles. The molecule has 0 aliphatic rings. The summed E-state index contributed by atoms with van der Waals surface area (Å²) in [5, 5.41) is 4.09. The first-order valence-corrected chi connectivity index (χ1v) is 7.34. The second kappa shape index (κ2) is 4.83. The van der Waals surface area contributed by atoms with Crippen molar-refractivity contribution in [3.8, 4) is 21.7 Å². The summed E-state index contributed by atoms with van der Waals surface area (Å²) in [6.45, 7) is 2.05. The Hall–Kier alpha value is -1.59. The van der Waals surface area contributed by atoms with Crippen LogP contribution in [0.4, 0.5) is 5.88 Å². The van der Waals surface area contributed by atoms with Crippen LogP contribution >= 0.6 is 27.3 Å². The highest BCUT2D eigenvalue weighted by Crippen LogP contribution is 2.40. The van der Waals surface area contributed by atoms with E-state index in [2.05, 4.69) is 40.1 Å². The molecule has 0 saturated heterocycles. The smallest absolute Gasteiger partial charge is 0.230 e. The van der Waals surface area contributed by atoms with Crippen molar-refractivity contribution in [3.63, 3.8) is 0 Å². The van der Waals surface area contributed by atoms with E-state index in [9.17, 15) is 0 Å². The van der Waals surface area contributed by atoms with Crippen molar-refractivity contribution < 1.29 is 4.52 Å². The van der Waals surface area contributed by atoms with E-state index in [1.165, 1.54) is 5.56 Å². The summed E-state index contributed by atoms with van der Waals surface area (Å²) in [7, 11) is 0. The fraction of sp³-hybridized carbons (Fsp3) is 0.0714. The maximum Gasteiger partial charge on any atom is 0.230 e. The Morgan fingerprint density at radius 1 is 1.26 bits per heavy atom. The van der Waals surface area contributed by atoms with Gasteiger partial charge in [-0.3, -0.25) is 0 Å². The van der Waals surface area contributed by atoms with Gasteiger partial charge in [0.05, 0.1) is 14.2 Å². The largest absolute Gasteiger partial charge is 0.367 e. The van der Waals surface area contributed by atoms with Crippen LogP contribution in [0.1, 0.15) is 5.56 Å². The number of hydrogen-bond donors (Lipinski definition) is 1. The Morgan fingerprint density at radius 3 is 2.79 bits per heavy atom. The normalized spacial score (nSPS) is 10.8.